The maximum atomic E-state index is 11.1. The van der Waals surface area contributed by atoms with Gasteiger partial charge >= 0.3 is 0 Å². The minimum absolute atomic E-state index is 0.833. The Hall–Kier alpha value is 0.130. The van der Waals surface area contributed by atoms with E-state index >= 15 is 0 Å². The molecule has 0 aromatic carbocycles. The van der Waals surface area contributed by atoms with E-state index in [2.05, 4.69) is 12.8 Å². The minimum atomic E-state index is -2.31. The van der Waals surface area contributed by atoms with Crippen molar-refractivity contribution in [1.82, 2.24) is 9.21 Å². The molecule has 0 aliphatic rings. The summed E-state index contributed by atoms with van der Waals surface area (Å²) in [5.74, 6) is 0. The van der Waals surface area contributed by atoms with Crippen LogP contribution in [-0.2, 0) is 0 Å². The standard InChI is InChI=1S/C3H7F2N.C2H7NS/c1-6(2)3(4)5;1-3(2)4/h3H,1-2H3;4H,1-2H3. The van der Waals surface area contributed by atoms with E-state index in [0.717, 1.165) is 4.90 Å². The number of halogens is 2. The fourth-order valence-corrected chi connectivity index (χ4v) is 0. The summed E-state index contributed by atoms with van der Waals surface area (Å²) in [6.07, 6.45) is 0. The van der Waals surface area contributed by atoms with Gasteiger partial charge < -0.3 is 0 Å². The number of alkyl halides is 2. The van der Waals surface area contributed by atoms with Crippen molar-refractivity contribution < 1.29 is 8.78 Å². The van der Waals surface area contributed by atoms with Crippen LogP contribution in [-0.4, -0.2) is 43.9 Å². The number of nitrogens with zero attached hydrogens (tertiary/aromatic N) is 2. The topological polar surface area (TPSA) is 6.48 Å². The van der Waals surface area contributed by atoms with Crippen molar-refractivity contribution in [2.75, 3.05) is 28.2 Å². The van der Waals surface area contributed by atoms with E-state index in [-0.39, 0.29) is 0 Å². The van der Waals surface area contributed by atoms with Crippen molar-refractivity contribution in [1.29, 1.82) is 0 Å². The molecule has 0 bridgehead atoms. The summed E-state index contributed by atoms with van der Waals surface area (Å²) in [5.41, 5.74) is 0. The monoisotopic (exact) mass is 172 g/mol. The molecule has 0 amide bonds. The second kappa shape index (κ2) is 7.24. The molecule has 10 heavy (non-hydrogen) atoms. The van der Waals surface area contributed by atoms with E-state index in [4.69, 9.17) is 0 Å². The van der Waals surface area contributed by atoms with Crippen LogP contribution in [0, 0.1) is 0 Å². The number of hydrogen-bond donors (Lipinski definition) is 1. The first-order valence-electron chi connectivity index (χ1n) is 2.68. The smallest absolute Gasteiger partial charge is 0.259 e. The molecule has 0 rings (SSSR count). The van der Waals surface area contributed by atoms with Crippen LogP contribution in [0.15, 0.2) is 0 Å². The Morgan fingerprint density at radius 1 is 1.10 bits per heavy atom. The molecule has 0 spiro atoms. The van der Waals surface area contributed by atoms with Gasteiger partial charge in [0, 0.05) is 0 Å². The molecular formula is C5H14F2N2S. The summed E-state index contributed by atoms with van der Waals surface area (Å²) in [6, 6.07) is 0. The Morgan fingerprint density at radius 2 is 1.20 bits per heavy atom. The highest BCUT2D eigenvalue weighted by molar-refractivity contribution is 7.77. The predicted octanol–water partition coefficient (Wildman–Crippen LogP) is 1.16. The molecule has 0 N–H and O–H groups in total. The number of hydrogen-bond acceptors (Lipinski definition) is 3. The molecule has 5 heteroatoms. The molecule has 0 unspecified atom stereocenters. The van der Waals surface area contributed by atoms with Crippen molar-refractivity contribution >= 4 is 12.8 Å². The zero-order valence-corrected chi connectivity index (χ0v) is 7.57. The van der Waals surface area contributed by atoms with Crippen molar-refractivity contribution in [2.24, 2.45) is 0 Å². The first-order chi connectivity index (χ1) is 4.37. The van der Waals surface area contributed by atoms with Crippen LogP contribution in [0.1, 0.15) is 0 Å². The van der Waals surface area contributed by atoms with Gasteiger partial charge in [0.15, 0.2) is 0 Å². The Bertz CT molecular complexity index is 59.9. The van der Waals surface area contributed by atoms with Crippen LogP contribution in [0.25, 0.3) is 0 Å². The first kappa shape index (κ1) is 12.8. The highest BCUT2D eigenvalue weighted by atomic mass is 32.1. The van der Waals surface area contributed by atoms with E-state index in [1.54, 1.807) is 4.31 Å². The summed E-state index contributed by atoms with van der Waals surface area (Å²) in [5, 5.41) is 0. The van der Waals surface area contributed by atoms with Gasteiger partial charge in [-0.25, -0.2) is 0 Å². The quantitative estimate of drug-likeness (QED) is 0.468. The van der Waals surface area contributed by atoms with Gasteiger partial charge in [-0.1, -0.05) is 12.8 Å². The molecule has 0 aliphatic carbocycles. The Kier molecular flexibility index (Phi) is 9.25. The molecule has 0 fully saturated rings. The second-order valence-corrected chi connectivity index (χ2v) is 2.89. The lowest BCUT2D eigenvalue weighted by Crippen LogP contribution is -2.17. The Balaban J connectivity index is 0. The zero-order valence-electron chi connectivity index (χ0n) is 6.67. The normalized spacial score (nSPS) is 10.2. The highest BCUT2D eigenvalue weighted by Gasteiger charge is 2.00. The third kappa shape index (κ3) is 24.2. The SMILES string of the molecule is CN(C)C(F)F.CN(C)S. The van der Waals surface area contributed by atoms with Crippen LogP contribution < -0.4 is 0 Å². The van der Waals surface area contributed by atoms with Crippen LogP contribution in [0.5, 0.6) is 0 Å². The summed E-state index contributed by atoms with van der Waals surface area (Å²) < 4.78 is 23.9. The average Bonchev–Trinajstić information content (AvgIpc) is 1.63. The molecule has 0 aromatic heterocycles. The van der Waals surface area contributed by atoms with Crippen molar-refractivity contribution in [2.45, 2.75) is 6.55 Å². The van der Waals surface area contributed by atoms with Crippen molar-refractivity contribution in [3.63, 3.8) is 0 Å². The van der Waals surface area contributed by atoms with Gasteiger partial charge in [0.05, 0.1) is 0 Å². The first-order valence-corrected chi connectivity index (χ1v) is 3.08. The maximum absolute atomic E-state index is 11.1. The van der Waals surface area contributed by atoms with Gasteiger partial charge in [-0.2, -0.15) is 8.78 Å². The van der Waals surface area contributed by atoms with Crippen molar-refractivity contribution in [3.05, 3.63) is 0 Å². The van der Waals surface area contributed by atoms with Crippen LogP contribution in [0.4, 0.5) is 8.78 Å². The molecule has 0 heterocycles. The molecule has 0 aliphatic heterocycles. The summed E-state index contributed by atoms with van der Waals surface area (Å²) in [7, 11) is 6.38. The largest absolute Gasteiger partial charge is 0.294 e. The fourth-order valence-electron chi connectivity index (χ4n) is 0. The van der Waals surface area contributed by atoms with E-state index in [1.165, 1.54) is 14.1 Å². The molecule has 0 saturated heterocycles. The maximum Gasteiger partial charge on any atom is 0.294 e. The van der Waals surface area contributed by atoms with E-state index in [1.807, 2.05) is 14.1 Å². The van der Waals surface area contributed by atoms with Gasteiger partial charge in [-0.05, 0) is 28.2 Å². The van der Waals surface area contributed by atoms with Gasteiger partial charge in [0.2, 0.25) is 0 Å². The fraction of sp³-hybridized carbons (Fsp3) is 1.00. The second-order valence-electron chi connectivity index (χ2n) is 2.09. The molecule has 64 valence electrons. The number of rotatable bonds is 1. The van der Waals surface area contributed by atoms with Gasteiger partial charge in [0.1, 0.15) is 0 Å². The average molecular weight is 172 g/mol. The van der Waals surface area contributed by atoms with Gasteiger partial charge in [-0.3, -0.25) is 9.21 Å². The van der Waals surface area contributed by atoms with Crippen LogP contribution in [0.2, 0.25) is 0 Å². The van der Waals surface area contributed by atoms with E-state index in [9.17, 15) is 8.78 Å². The highest BCUT2D eigenvalue weighted by Crippen LogP contribution is 1.92. The van der Waals surface area contributed by atoms with Crippen LogP contribution >= 0.6 is 12.8 Å². The van der Waals surface area contributed by atoms with E-state index < -0.39 is 6.55 Å². The van der Waals surface area contributed by atoms with Gasteiger partial charge in [0.25, 0.3) is 6.55 Å². The Morgan fingerprint density at radius 3 is 1.20 bits per heavy atom. The molecule has 0 saturated carbocycles. The summed E-state index contributed by atoms with van der Waals surface area (Å²) >= 11 is 3.80. The third-order valence-corrected chi connectivity index (χ3v) is 0.390. The molecule has 0 aromatic rings. The lowest BCUT2D eigenvalue weighted by Gasteiger charge is -2.04. The van der Waals surface area contributed by atoms with Crippen LogP contribution in [0.3, 0.4) is 0 Å². The number of thiol groups is 1. The molecule has 0 atom stereocenters. The van der Waals surface area contributed by atoms with E-state index in [0.29, 0.717) is 0 Å². The molecular weight excluding hydrogens is 158 g/mol. The summed E-state index contributed by atoms with van der Waals surface area (Å²) in [6.45, 7) is -2.31. The Labute approximate surface area is 66.3 Å². The third-order valence-electron chi connectivity index (χ3n) is 0.390. The lowest BCUT2D eigenvalue weighted by atomic mass is 10.9. The summed E-state index contributed by atoms with van der Waals surface area (Å²) in [4.78, 5) is 0.833. The predicted molar refractivity (Wildman–Crippen MR) is 42.4 cm³/mol. The molecule has 2 nitrogen and oxygen atoms in total. The lowest BCUT2D eigenvalue weighted by molar-refractivity contribution is 0.00849. The van der Waals surface area contributed by atoms with Gasteiger partial charge in [-0.15, -0.1) is 0 Å². The zero-order chi connectivity index (χ0) is 8.73. The van der Waals surface area contributed by atoms with Crippen molar-refractivity contribution in [3.8, 4) is 0 Å². The molecule has 0 radical (unpaired) electrons. The minimum Gasteiger partial charge on any atom is -0.259 e.